The minimum absolute atomic E-state index is 0.0269. The van der Waals surface area contributed by atoms with Crippen molar-refractivity contribution in [3.8, 4) is 11.8 Å². The number of hydrogen-bond acceptors (Lipinski definition) is 4. The van der Waals surface area contributed by atoms with Gasteiger partial charge in [0.15, 0.2) is 5.78 Å². The van der Waals surface area contributed by atoms with Crippen LogP contribution in [-0.4, -0.2) is 11.9 Å². The van der Waals surface area contributed by atoms with Crippen molar-refractivity contribution in [3.63, 3.8) is 0 Å². The Hall–Kier alpha value is -2.80. The Balaban J connectivity index is 1.78. The number of carbonyl (C=O) groups excluding carboxylic acids is 1. The highest BCUT2D eigenvalue weighted by molar-refractivity contribution is 5.99. The summed E-state index contributed by atoms with van der Waals surface area (Å²) in [6, 6.07) is 15.1. The van der Waals surface area contributed by atoms with E-state index >= 15 is 0 Å². The summed E-state index contributed by atoms with van der Waals surface area (Å²) in [5, 5.41) is 12.4. The quantitative estimate of drug-likeness (QED) is 0.806. The lowest BCUT2D eigenvalue weighted by molar-refractivity contribution is 0.101. The zero-order valence-electron chi connectivity index (χ0n) is 13.7. The van der Waals surface area contributed by atoms with Gasteiger partial charge >= 0.3 is 0 Å². The number of carbonyl (C=O) groups is 1. The molecular weight excluding hydrogens is 300 g/mol. The minimum Gasteiger partial charge on any atom is -0.490 e. The second-order valence-corrected chi connectivity index (χ2v) is 6.06. The van der Waals surface area contributed by atoms with Crippen molar-refractivity contribution in [2.24, 2.45) is 0 Å². The lowest BCUT2D eigenvalue weighted by Crippen LogP contribution is -2.25. The van der Waals surface area contributed by atoms with Crippen LogP contribution in [0.2, 0.25) is 0 Å². The first-order chi connectivity index (χ1) is 11.7. The number of nitrogens with zero attached hydrogens (tertiary/aromatic N) is 1. The number of para-hydroxylation sites is 1. The van der Waals surface area contributed by atoms with Crippen LogP contribution in [0.1, 0.15) is 47.7 Å². The van der Waals surface area contributed by atoms with Gasteiger partial charge in [-0.05, 0) is 50.5 Å². The number of benzene rings is 2. The fraction of sp³-hybridized carbons (Fsp3) is 0.300. The lowest BCUT2D eigenvalue weighted by atomic mass is 9.96. The largest absolute Gasteiger partial charge is 0.490 e. The third-order valence-electron chi connectivity index (χ3n) is 4.32. The van der Waals surface area contributed by atoms with Crippen LogP contribution in [0.25, 0.3) is 0 Å². The van der Waals surface area contributed by atoms with E-state index in [0.717, 1.165) is 24.2 Å². The van der Waals surface area contributed by atoms with E-state index < -0.39 is 0 Å². The normalized spacial score (nSPS) is 13.7. The number of Topliss-reactive ketones (excluding diaryl/α,β-unsaturated/α-hetero) is 1. The van der Waals surface area contributed by atoms with Gasteiger partial charge in [-0.3, -0.25) is 4.79 Å². The average Bonchev–Trinajstić information content (AvgIpc) is 2.56. The summed E-state index contributed by atoms with van der Waals surface area (Å²) in [6.07, 6.45) is 3.77. The molecule has 0 bridgehead atoms. The summed E-state index contributed by atoms with van der Waals surface area (Å²) in [7, 11) is 0. The van der Waals surface area contributed by atoms with Gasteiger partial charge in [0.2, 0.25) is 0 Å². The molecule has 1 aliphatic carbocycles. The van der Waals surface area contributed by atoms with E-state index in [1.165, 1.54) is 13.3 Å². The molecule has 0 unspecified atom stereocenters. The van der Waals surface area contributed by atoms with Gasteiger partial charge < -0.3 is 10.1 Å². The first-order valence-corrected chi connectivity index (χ1v) is 8.21. The number of anilines is 1. The molecule has 0 aromatic heterocycles. The molecular formula is C20H20N2O2. The third kappa shape index (κ3) is 3.57. The van der Waals surface area contributed by atoms with Crippen molar-refractivity contribution in [2.45, 2.75) is 38.8 Å². The maximum atomic E-state index is 11.8. The Kier molecular flexibility index (Phi) is 4.81. The van der Waals surface area contributed by atoms with Gasteiger partial charge in [-0.25, -0.2) is 0 Å². The number of rotatable bonds is 6. The molecule has 0 aliphatic heterocycles. The number of nitriles is 1. The monoisotopic (exact) mass is 320 g/mol. The maximum absolute atomic E-state index is 11.8. The highest BCUT2D eigenvalue weighted by atomic mass is 16.5. The molecule has 2 aromatic carbocycles. The highest BCUT2D eigenvalue weighted by Gasteiger charge is 2.20. The van der Waals surface area contributed by atoms with Crippen molar-refractivity contribution in [3.05, 3.63) is 59.2 Å². The molecule has 0 spiro atoms. The standard InChI is InChI=1S/C20H20N2O2/c1-14(23)18-10-9-15(12-21)11-19(18)22-13-16-5-2-3-8-20(16)24-17-6-4-7-17/h2-3,5,8-11,17,22H,4,6-7,13H2,1H3. The molecule has 0 radical (unpaired) electrons. The zero-order valence-corrected chi connectivity index (χ0v) is 13.7. The van der Waals surface area contributed by atoms with Crippen molar-refractivity contribution in [2.75, 3.05) is 5.32 Å². The van der Waals surface area contributed by atoms with E-state index in [9.17, 15) is 4.79 Å². The van der Waals surface area contributed by atoms with E-state index in [-0.39, 0.29) is 5.78 Å². The molecule has 4 nitrogen and oxygen atoms in total. The van der Waals surface area contributed by atoms with Gasteiger partial charge in [0.05, 0.1) is 17.7 Å². The van der Waals surface area contributed by atoms with E-state index in [4.69, 9.17) is 10.00 Å². The van der Waals surface area contributed by atoms with Crippen LogP contribution >= 0.6 is 0 Å². The van der Waals surface area contributed by atoms with Gasteiger partial charge in [-0.1, -0.05) is 18.2 Å². The number of ketones is 1. The van der Waals surface area contributed by atoms with Crippen molar-refractivity contribution in [1.29, 1.82) is 5.26 Å². The van der Waals surface area contributed by atoms with E-state index in [0.29, 0.717) is 29.5 Å². The summed E-state index contributed by atoms with van der Waals surface area (Å²) >= 11 is 0. The molecule has 0 atom stereocenters. The SMILES string of the molecule is CC(=O)c1ccc(C#N)cc1NCc1ccccc1OC1CCC1. The molecule has 1 fully saturated rings. The maximum Gasteiger partial charge on any atom is 0.161 e. The Morgan fingerprint density at radius 2 is 2.08 bits per heavy atom. The highest BCUT2D eigenvalue weighted by Crippen LogP contribution is 2.28. The Bertz CT molecular complexity index is 788. The summed E-state index contributed by atoms with van der Waals surface area (Å²) < 4.78 is 6.03. The molecule has 2 aromatic rings. The Morgan fingerprint density at radius 1 is 1.29 bits per heavy atom. The van der Waals surface area contributed by atoms with Gasteiger partial charge in [0.25, 0.3) is 0 Å². The summed E-state index contributed by atoms with van der Waals surface area (Å²) in [6.45, 7) is 2.07. The van der Waals surface area contributed by atoms with Crippen LogP contribution < -0.4 is 10.1 Å². The molecule has 4 heteroatoms. The van der Waals surface area contributed by atoms with E-state index in [1.54, 1.807) is 18.2 Å². The van der Waals surface area contributed by atoms with Crippen molar-refractivity contribution >= 4 is 11.5 Å². The van der Waals surface area contributed by atoms with Crippen LogP contribution in [0.15, 0.2) is 42.5 Å². The lowest BCUT2D eigenvalue weighted by Gasteiger charge is -2.27. The van der Waals surface area contributed by atoms with E-state index in [1.807, 2.05) is 24.3 Å². The molecule has 24 heavy (non-hydrogen) atoms. The molecule has 1 N–H and O–H groups in total. The van der Waals surface area contributed by atoms with Gasteiger partial charge in [0, 0.05) is 23.4 Å². The summed E-state index contributed by atoms with van der Waals surface area (Å²) in [5.74, 6) is 0.858. The van der Waals surface area contributed by atoms with Crippen LogP contribution in [0, 0.1) is 11.3 Å². The van der Waals surface area contributed by atoms with Crippen LogP contribution in [0.5, 0.6) is 5.75 Å². The van der Waals surface area contributed by atoms with Crippen LogP contribution in [-0.2, 0) is 6.54 Å². The number of ether oxygens (including phenoxy) is 1. The predicted octanol–water partition coefficient (Wildman–Crippen LogP) is 4.30. The average molecular weight is 320 g/mol. The second kappa shape index (κ2) is 7.18. The first-order valence-electron chi connectivity index (χ1n) is 8.21. The fourth-order valence-electron chi connectivity index (χ4n) is 2.69. The number of hydrogen-bond donors (Lipinski definition) is 1. The molecule has 122 valence electrons. The van der Waals surface area contributed by atoms with Crippen LogP contribution in [0.4, 0.5) is 5.69 Å². The topological polar surface area (TPSA) is 62.1 Å². The zero-order chi connectivity index (χ0) is 16.9. The van der Waals surface area contributed by atoms with Gasteiger partial charge in [-0.2, -0.15) is 5.26 Å². The molecule has 3 rings (SSSR count). The predicted molar refractivity (Wildman–Crippen MR) is 93.2 cm³/mol. The van der Waals surface area contributed by atoms with Crippen LogP contribution in [0.3, 0.4) is 0 Å². The molecule has 0 saturated heterocycles. The molecule has 1 saturated carbocycles. The summed E-state index contributed by atoms with van der Waals surface area (Å²) in [5.41, 5.74) is 2.84. The minimum atomic E-state index is -0.0269. The van der Waals surface area contributed by atoms with Gasteiger partial charge in [0.1, 0.15) is 5.75 Å². The Morgan fingerprint density at radius 3 is 2.75 bits per heavy atom. The molecule has 0 heterocycles. The second-order valence-electron chi connectivity index (χ2n) is 6.06. The fourth-order valence-corrected chi connectivity index (χ4v) is 2.69. The smallest absolute Gasteiger partial charge is 0.161 e. The first kappa shape index (κ1) is 16.1. The van der Waals surface area contributed by atoms with Gasteiger partial charge in [-0.15, -0.1) is 0 Å². The molecule has 0 amide bonds. The summed E-state index contributed by atoms with van der Waals surface area (Å²) in [4.78, 5) is 11.8. The number of nitrogens with one attached hydrogen (secondary N) is 1. The van der Waals surface area contributed by atoms with E-state index in [2.05, 4.69) is 11.4 Å². The van der Waals surface area contributed by atoms with Crippen molar-refractivity contribution in [1.82, 2.24) is 0 Å². The third-order valence-corrected chi connectivity index (χ3v) is 4.32. The van der Waals surface area contributed by atoms with Crippen molar-refractivity contribution < 1.29 is 9.53 Å². The molecule has 1 aliphatic rings. The Labute approximate surface area is 142 Å².